The van der Waals surface area contributed by atoms with E-state index in [0.717, 1.165) is 12.1 Å². The molecule has 2 nitrogen and oxygen atoms in total. The molecule has 0 aromatic heterocycles. The highest BCUT2D eigenvalue weighted by atomic mass is 35.5. The van der Waals surface area contributed by atoms with Crippen LogP contribution in [0.2, 0.25) is 5.02 Å². The summed E-state index contributed by atoms with van der Waals surface area (Å²) in [5.74, 6) is -0.544. The van der Waals surface area contributed by atoms with Crippen LogP contribution in [0.1, 0.15) is 0 Å². The molecule has 0 fully saturated rings. The van der Waals surface area contributed by atoms with E-state index in [1.54, 1.807) is 0 Å². The van der Waals surface area contributed by atoms with E-state index >= 15 is 0 Å². The van der Waals surface area contributed by atoms with Gasteiger partial charge in [0.05, 0.1) is 5.02 Å². The SMILES string of the molecule is FC(F)Oc1ccc(-c2ccc(OC(F)(F)F)cc2)cc1Cl. The van der Waals surface area contributed by atoms with Crippen LogP contribution in [0, 0.1) is 0 Å². The monoisotopic (exact) mass is 338 g/mol. The number of halogens is 6. The molecule has 0 bridgehead atoms. The molecular weight excluding hydrogens is 331 g/mol. The highest BCUT2D eigenvalue weighted by Crippen LogP contribution is 2.32. The molecule has 22 heavy (non-hydrogen) atoms. The first kappa shape index (κ1) is 16.4. The van der Waals surface area contributed by atoms with Crippen molar-refractivity contribution in [3.8, 4) is 22.6 Å². The standard InChI is InChI=1S/C14H8ClF5O2/c15-11-7-9(3-6-12(11)21-13(16)17)8-1-4-10(5-2-8)22-14(18,19)20/h1-7,13H. The maximum Gasteiger partial charge on any atom is 0.573 e. The minimum absolute atomic E-state index is 0.0339. The van der Waals surface area contributed by atoms with Crippen molar-refractivity contribution in [3.05, 3.63) is 47.5 Å². The molecule has 118 valence electrons. The van der Waals surface area contributed by atoms with Gasteiger partial charge in [0.25, 0.3) is 0 Å². The Hall–Kier alpha value is -2.02. The Balaban J connectivity index is 2.20. The molecule has 0 unspecified atom stereocenters. The van der Waals surface area contributed by atoms with Crippen LogP contribution < -0.4 is 9.47 Å². The topological polar surface area (TPSA) is 18.5 Å². The molecule has 0 radical (unpaired) electrons. The minimum Gasteiger partial charge on any atom is -0.433 e. The maximum atomic E-state index is 12.1. The zero-order chi connectivity index (χ0) is 16.3. The molecule has 2 aromatic carbocycles. The highest BCUT2D eigenvalue weighted by Gasteiger charge is 2.30. The zero-order valence-electron chi connectivity index (χ0n) is 10.7. The summed E-state index contributed by atoms with van der Waals surface area (Å²) < 4.78 is 68.3. The summed E-state index contributed by atoms with van der Waals surface area (Å²) in [5, 5.41) is -0.0339. The number of alkyl halides is 5. The van der Waals surface area contributed by atoms with Gasteiger partial charge in [0.2, 0.25) is 0 Å². The van der Waals surface area contributed by atoms with Crippen molar-refractivity contribution in [1.29, 1.82) is 0 Å². The van der Waals surface area contributed by atoms with Crippen LogP contribution in [0.15, 0.2) is 42.5 Å². The van der Waals surface area contributed by atoms with Crippen LogP contribution >= 0.6 is 11.6 Å². The lowest BCUT2D eigenvalue weighted by Crippen LogP contribution is -2.16. The normalized spacial score (nSPS) is 11.6. The smallest absolute Gasteiger partial charge is 0.433 e. The Kier molecular flexibility index (Phi) is 4.75. The molecule has 0 atom stereocenters. The van der Waals surface area contributed by atoms with Crippen molar-refractivity contribution in [2.75, 3.05) is 0 Å². The van der Waals surface area contributed by atoms with Crippen molar-refractivity contribution < 1.29 is 31.4 Å². The zero-order valence-corrected chi connectivity index (χ0v) is 11.5. The fourth-order valence-electron chi connectivity index (χ4n) is 1.72. The average Bonchev–Trinajstić information content (AvgIpc) is 2.40. The van der Waals surface area contributed by atoms with Crippen LogP contribution in [-0.2, 0) is 0 Å². The summed E-state index contributed by atoms with van der Waals surface area (Å²) in [4.78, 5) is 0. The van der Waals surface area contributed by atoms with Crippen molar-refractivity contribution in [2.24, 2.45) is 0 Å². The van der Waals surface area contributed by atoms with E-state index in [2.05, 4.69) is 9.47 Å². The van der Waals surface area contributed by atoms with Gasteiger partial charge in [0, 0.05) is 0 Å². The Bertz CT molecular complexity index is 641. The van der Waals surface area contributed by atoms with Gasteiger partial charge in [0.1, 0.15) is 11.5 Å². The second-order valence-electron chi connectivity index (χ2n) is 4.10. The number of ether oxygens (including phenoxy) is 2. The van der Waals surface area contributed by atoms with Gasteiger partial charge in [0.15, 0.2) is 0 Å². The molecule has 0 aliphatic heterocycles. The second kappa shape index (κ2) is 6.39. The largest absolute Gasteiger partial charge is 0.573 e. The minimum atomic E-state index is -4.76. The molecule has 0 spiro atoms. The van der Waals surface area contributed by atoms with Crippen molar-refractivity contribution >= 4 is 11.6 Å². The van der Waals surface area contributed by atoms with E-state index in [0.29, 0.717) is 11.1 Å². The summed E-state index contributed by atoms with van der Waals surface area (Å²) in [5.41, 5.74) is 1.07. The summed E-state index contributed by atoms with van der Waals surface area (Å²) in [6, 6.07) is 9.15. The predicted molar refractivity (Wildman–Crippen MR) is 70.2 cm³/mol. The third kappa shape index (κ3) is 4.49. The lowest BCUT2D eigenvalue weighted by atomic mass is 10.1. The molecule has 0 saturated carbocycles. The molecule has 0 saturated heterocycles. The fourth-order valence-corrected chi connectivity index (χ4v) is 1.95. The first-order chi connectivity index (χ1) is 10.2. The predicted octanol–water partition coefficient (Wildman–Crippen LogP) is 5.51. The Labute approximate surface area is 127 Å². The molecule has 2 rings (SSSR count). The molecule has 0 heterocycles. The number of hydrogen-bond donors (Lipinski definition) is 0. The van der Waals surface area contributed by atoms with Crippen LogP contribution in [0.4, 0.5) is 22.0 Å². The lowest BCUT2D eigenvalue weighted by Gasteiger charge is -2.10. The van der Waals surface area contributed by atoms with Gasteiger partial charge >= 0.3 is 13.0 Å². The van der Waals surface area contributed by atoms with Crippen LogP contribution in [0.25, 0.3) is 11.1 Å². The lowest BCUT2D eigenvalue weighted by molar-refractivity contribution is -0.274. The Morgan fingerprint density at radius 3 is 2.00 bits per heavy atom. The summed E-state index contributed by atoms with van der Waals surface area (Å²) in [7, 11) is 0. The average molecular weight is 339 g/mol. The van der Waals surface area contributed by atoms with E-state index in [9.17, 15) is 22.0 Å². The van der Waals surface area contributed by atoms with E-state index in [1.807, 2.05) is 0 Å². The molecule has 0 aliphatic rings. The number of benzene rings is 2. The molecule has 0 N–H and O–H groups in total. The van der Waals surface area contributed by atoms with E-state index in [1.165, 1.54) is 30.3 Å². The van der Waals surface area contributed by atoms with Gasteiger partial charge in [-0.25, -0.2) is 0 Å². The van der Waals surface area contributed by atoms with Gasteiger partial charge in [-0.15, -0.1) is 13.2 Å². The van der Waals surface area contributed by atoms with Crippen molar-refractivity contribution in [2.45, 2.75) is 13.0 Å². The molecule has 0 aliphatic carbocycles. The third-order valence-electron chi connectivity index (χ3n) is 2.57. The molecule has 8 heteroatoms. The van der Waals surface area contributed by atoms with Crippen LogP contribution in [0.3, 0.4) is 0 Å². The van der Waals surface area contributed by atoms with E-state index in [4.69, 9.17) is 11.6 Å². The second-order valence-corrected chi connectivity index (χ2v) is 4.50. The van der Waals surface area contributed by atoms with Gasteiger partial charge in [-0.1, -0.05) is 29.8 Å². The summed E-state index contributed by atoms with van der Waals surface area (Å²) in [6.07, 6.45) is -4.76. The first-order valence-corrected chi connectivity index (χ1v) is 6.23. The van der Waals surface area contributed by atoms with E-state index < -0.39 is 13.0 Å². The number of rotatable bonds is 4. The number of hydrogen-bond acceptors (Lipinski definition) is 2. The summed E-state index contributed by atoms with van der Waals surface area (Å²) >= 11 is 5.81. The van der Waals surface area contributed by atoms with Crippen LogP contribution in [0.5, 0.6) is 11.5 Å². The van der Waals surface area contributed by atoms with Crippen LogP contribution in [-0.4, -0.2) is 13.0 Å². The van der Waals surface area contributed by atoms with Crippen molar-refractivity contribution in [1.82, 2.24) is 0 Å². The van der Waals surface area contributed by atoms with Gasteiger partial charge in [-0.05, 0) is 35.4 Å². The molecule has 2 aromatic rings. The maximum absolute atomic E-state index is 12.1. The molecule has 0 amide bonds. The van der Waals surface area contributed by atoms with Crippen molar-refractivity contribution in [3.63, 3.8) is 0 Å². The first-order valence-electron chi connectivity index (χ1n) is 5.85. The highest BCUT2D eigenvalue weighted by molar-refractivity contribution is 6.32. The molecular formula is C14H8ClF5O2. The quantitative estimate of drug-likeness (QED) is 0.685. The van der Waals surface area contributed by atoms with Gasteiger partial charge in [-0.3, -0.25) is 0 Å². The van der Waals surface area contributed by atoms with Gasteiger partial charge in [-0.2, -0.15) is 8.78 Å². The Morgan fingerprint density at radius 2 is 1.50 bits per heavy atom. The summed E-state index contributed by atoms with van der Waals surface area (Å²) in [6.45, 7) is -3.00. The Morgan fingerprint density at radius 1 is 0.909 bits per heavy atom. The van der Waals surface area contributed by atoms with Gasteiger partial charge < -0.3 is 9.47 Å². The fraction of sp³-hybridized carbons (Fsp3) is 0.143. The third-order valence-corrected chi connectivity index (χ3v) is 2.86. The van der Waals surface area contributed by atoms with E-state index in [-0.39, 0.29) is 16.5 Å².